The van der Waals surface area contributed by atoms with Gasteiger partial charge in [-0.25, -0.2) is 0 Å². The molecular formula is C16H29N2O4Pt. The van der Waals surface area contributed by atoms with E-state index >= 15 is 0 Å². The average molecular weight is 508 g/mol. The summed E-state index contributed by atoms with van der Waals surface area (Å²) in [5, 5.41) is 0. The molecule has 5 N–H and O–H groups in total. The fourth-order valence-corrected chi connectivity index (χ4v) is 3.03. The Kier molecular flexibility index (Phi) is 10.3. The van der Waals surface area contributed by atoms with E-state index in [-0.39, 0.29) is 34.8 Å². The predicted molar refractivity (Wildman–Crippen MR) is 83.8 cm³/mol. The van der Waals surface area contributed by atoms with Crippen molar-refractivity contribution in [1.82, 2.24) is 0 Å². The standard InChI is InChI=1S/C10H14O3.C6H14N2.H2O.Pt/c1-6(11)9-7(12)4-10(2,3)5-8(9)13;7-5-3-1-2-4-6(5)8;;/h9H,4-5H2,1-3H3;5-6H,1-4,7-8H2;1H2;/q;;;+1/p-1/t;5-,6-;;/m.1../s1. The van der Waals surface area contributed by atoms with Gasteiger partial charge in [-0.3, -0.25) is 14.4 Å². The van der Waals surface area contributed by atoms with Crippen molar-refractivity contribution in [1.29, 1.82) is 0 Å². The monoisotopic (exact) mass is 508 g/mol. The summed E-state index contributed by atoms with van der Waals surface area (Å²) in [7, 11) is 0. The first-order valence-electron chi connectivity index (χ1n) is 7.85. The Labute approximate surface area is 150 Å². The van der Waals surface area contributed by atoms with Gasteiger partial charge in [-0.15, -0.1) is 0 Å². The molecule has 0 bridgehead atoms. The van der Waals surface area contributed by atoms with Crippen LogP contribution in [0.3, 0.4) is 0 Å². The van der Waals surface area contributed by atoms with Crippen LogP contribution in [0.25, 0.3) is 0 Å². The van der Waals surface area contributed by atoms with Gasteiger partial charge in [0, 0.05) is 24.9 Å². The number of hydrogen-bond donors (Lipinski definition) is 3. The molecule has 7 heteroatoms. The second-order valence-corrected chi connectivity index (χ2v) is 7.11. The van der Waals surface area contributed by atoms with Gasteiger partial charge in [0.15, 0.2) is 11.6 Å². The third-order valence-corrected chi connectivity index (χ3v) is 4.23. The van der Waals surface area contributed by atoms with E-state index in [1.54, 1.807) is 0 Å². The Bertz CT molecular complexity index is 396. The number of hydrogen-bond acceptors (Lipinski definition) is 6. The predicted octanol–water partition coefficient (Wildman–Crippen LogP) is 0.805. The zero-order valence-corrected chi connectivity index (χ0v) is 16.4. The molecule has 0 aliphatic heterocycles. The van der Waals surface area contributed by atoms with Gasteiger partial charge in [0.25, 0.3) is 0 Å². The van der Waals surface area contributed by atoms with Gasteiger partial charge < -0.3 is 11.5 Å². The molecule has 0 saturated heterocycles. The number of Topliss-reactive ketones (excluding diaryl/α,β-unsaturated/α-hetero) is 3. The van der Waals surface area contributed by atoms with Crippen molar-refractivity contribution in [2.45, 2.75) is 71.4 Å². The van der Waals surface area contributed by atoms with Gasteiger partial charge in [-0.05, 0) is 25.2 Å². The van der Waals surface area contributed by atoms with Crippen molar-refractivity contribution in [2.75, 3.05) is 0 Å². The van der Waals surface area contributed by atoms with Gasteiger partial charge in [-0.2, -0.15) is 0 Å². The van der Waals surface area contributed by atoms with E-state index in [2.05, 4.69) is 0 Å². The molecule has 0 amide bonds. The SMILES string of the molecule is CC(=O)C1C(=O)CC(C)(C)CC1=O.N[C@@H]1CCCC[C@H]1N.[OH][Pt]. The second-order valence-electron chi connectivity index (χ2n) is 7.11. The van der Waals surface area contributed by atoms with Crippen molar-refractivity contribution < 1.29 is 38.3 Å². The summed E-state index contributed by atoms with van der Waals surface area (Å²) in [6, 6.07) is 0.562. The Balaban J connectivity index is 0.000000414. The summed E-state index contributed by atoms with van der Waals surface area (Å²) < 4.78 is 6.97. The summed E-state index contributed by atoms with van der Waals surface area (Å²) >= 11 is 1.14. The zero-order valence-electron chi connectivity index (χ0n) is 14.1. The Hall–Kier alpha value is -0.422. The third-order valence-electron chi connectivity index (χ3n) is 4.23. The van der Waals surface area contributed by atoms with Gasteiger partial charge in [0.05, 0.1) is 0 Å². The van der Waals surface area contributed by atoms with E-state index in [4.69, 9.17) is 15.2 Å². The van der Waals surface area contributed by atoms with E-state index in [1.165, 1.54) is 19.8 Å². The summed E-state index contributed by atoms with van der Waals surface area (Å²) in [5.41, 5.74) is 11.0. The van der Waals surface area contributed by atoms with Crippen LogP contribution in [-0.4, -0.2) is 33.2 Å². The van der Waals surface area contributed by atoms with Crippen LogP contribution in [0.4, 0.5) is 0 Å². The first-order valence-corrected chi connectivity index (χ1v) is 8.87. The second kappa shape index (κ2) is 10.4. The fourth-order valence-electron chi connectivity index (χ4n) is 3.03. The molecule has 0 radical (unpaired) electrons. The average Bonchev–Trinajstić information content (AvgIpc) is 2.42. The van der Waals surface area contributed by atoms with Crippen LogP contribution in [0.1, 0.15) is 59.3 Å². The van der Waals surface area contributed by atoms with Crippen molar-refractivity contribution in [3.63, 3.8) is 0 Å². The van der Waals surface area contributed by atoms with E-state index in [0.29, 0.717) is 12.8 Å². The van der Waals surface area contributed by atoms with Crippen LogP contribution in [-0.2, 0) is 34.6 Å². The van der Waals surface area contributed by atoms with Gasteiger partial charge in [-0.1, -0.05) is 26.7 Å². The van der Waals surface area contributed by atoms with Gasteiger partial charge in [0.2, 0.25) is 0 Å². The summed E-state index contributed by atoms with van der Waals surface area (Å²) in [6.45, 7) is 5.05. The molecule has 137 valence electrons. The maximum atomic E-state index is 11.4. The van der Waals surface area contributed by atoms with Crippen LogP contribution in [0.2, 0.25) is 0 Å². The van der Waals surface area contributed by atoms with E-state index in [9.17, 15) is 14.4 Å². The topological polar surface area (TPSA) is 123 Å². The Morgan fingerprint density at radius 1 is 1.04 bits per heavy atom. The van der Waals surface area contributed by atoms with E-state index in [0.717, 1.165) is 33.0 Å². The van der Waals surface area contributed by atoms with Crippen LogP contribution in [0.15, 0.2) is 0 Å². The summed E-state index contributed by atoms with van der Waals surface area (Å²) in [5.74, 6) is -1.71. The number of carbonyl (C=O) groups excluding carboxylic acids is 3. The van der Waals surface area contributed by atoms with Gasteiger partial charge in [0.1, 0.15) is 11.7 Å². The first-order chi connectivity index (χ1) is 10.6. The molecular weight excluding hydrogens is 479 g/mol. The van der Waals surface area contributed by atoms with Crippen LogP contribution < -0.4 is 11.5 Å². The Morgan fingerprint density at radius 2 is 1.39 bits per heavy atom. The summed E-state index contributed by atoms with van der Waals surface area (Å²) in [4.78, 5) is 33.8. The van der Waals surface area contributed by atoms with E-state index in [1.807, 2.05) is 13.8 Å². The molecule has 2 aliphatic carbocycles. The molecule has 23 heavy (non-hydrogen) atoms. The van der Waals surface area contributed by atoms with Crippen molar-refractivity contribution in [3.8, 4) is 0 Å². The molecule has 2 fully saturated rings. The van der Waals surface area contributed by atoms with Crippen molar-refractivity contribution >= 4 is 17.3 Å². The Morgan fingerprint density at radius 3 is 1.65 bits per heavy atom. The van der Waals surface area contributed by atoms with Crippen LogP contribution in [0, 0.1) is 11.3 Å². The number of rotatable bonds is 1. The maximum absolute atomic E-state index is 11.4. The molecule has 2 aliphatic rings. The minimum absolute atomic E-state index is 0.214. The molecule has 0 aromatic heterocycles. The molecule has 0 aromatic carbocycles. The minimum atomic E-state index is -0.965. The molecule has 0 aromatic rings. The van der Waals surface area contributed by atoms with Crippen LogP contribution in [0.5, 0.6) is 0 Å². The molecule has 2 atom stereocenters. The zero-order chi connectivity index (χ0) is 18.2. The first kappa shape index (κ1) is 22.6. The number of nitrogens with two attached hydrogens (primary N) is 2. The molecule has 2 rings (SSSR count). The van der Waals surface area contributed by atoms with Crippen molar-refractivity contribution in [2.24, 2.45) is 22.8 Å². The molecule has 6 nitrogen and oxygen atoms in total. The molecule has 0 unspecified atom stereocenters. The molecule has 2 saturated carbocycles. The van der Waals surface area contributed by atoms with Crippen molar-refractivity contribution in [3.05, 3.63) is 0 Å². The van der Waals surface area contributed by atoms with E-state index < -0.39 is 5.92 Å². The number of ketones is 3. The fraction of sp³-hybridized carbons (Fsp3) is 0.812. The summed E-state index contributed by atoms with van der Waals surface area (Å²) in [6.07, 6.45) is 5.47. The molecule has 0 heterocycles. The normalized spacial score (nSPS) is 27.3. The number of carbonyl (C=O) groups is 3. The van der Waals surface area contributed by atoms with Gasteiger partial charge >= 0.3 is 24.0 Å². The quantitative estimate of drug-likeness (QED) is 0.451. The van der Waals surface area contributed by atoms with Crippen LogP contribution >= 0.6 is 0 Å². The molecule has 0 spiro atoms. The third kappa shape index (κ3) is 7.79.